The van der Waals surface area contributed by atoms with E-state index in [0.29, 0.717) is 23.8 Å². The number of aromatic nitrogens is 1. The Morgan fingerprint density at radius 3 is 3.04 bits per heavy atom. The first-order chi connectivity index (χ1) is 13.2. The average molecular weight is 366 g/mol. The number of carbonyl (C=O) groups is 1. The van der Waals surface area contributed by atoms with E-state index in [-0.39, 0.29) is 5.78 Å². The first-order valence-corrected chi connectivity index (χ1v) is 9.02. The Balaban J connectivity index is 1.60. The van der Waals surface area contributed by atoms with Crippen LogP contribution in [0.1, 0.15) is 33.5 Å². The van der Waals surface area contributed by atoms with Crippen LogP contribution in [0, 0.1) is 6.92 Å². The first kappa shape index (κ1) is 17.7. The van der Waals surface area contributed by atoms with Crippen molar-refractivity contribution in [3.63, 3.8) is 0 Å². The predicted octanol–water partition coefficient (Wildman–Crippen LogP) is 3.19. The highest BCUT2D eigenvalue weighted by Crippen LogP contribution is 2.43. The topological polar surface area (TPSA) is 60.9 Å². The SMILES string of the molecule is COCCCN1COc2c(cc3c(c2C)O/C(=C\c2cccnc2)C3=O)C1. The van der Waals surface area contributed by atoms with Crippen molar-refractivity contribution in [2.24, 2.45) is 0 Å². The molecular formula is C21H22N2O4. The van der Waals surface area contributed by atoms with Crippen LogP contribution in [0.25, 0.3) is 6.08 Å². The molecule has 0 radical (unpaired) electrons. The van der Waals surface area contributed by atoms with Gasteiger partial charge in [-0.15, -0.1) is 0 Å². The van der Waals surface area contributed by atoms with Crippen LogP contribution >= 0.6 is 0 Å². The zero-order valence-corrected chi connectivity index (χ0v) is 15.5. The molecule has 0 N–H and O–H groups in total. The van der Waals surface area contributed by atoms with Crippen molar-refractivity contribution in [2.75, 3.05) is 27.0 Å². The summed E-state index contributed by atoms with van der Waals surface area (Å²) < 4.78 is 17.0. The Hall–Kier alpha value is -2.70. The third-order valence-electron chi connectivity index (χ3n) is 4.81. The summed E-state index contributed by atoms with van der Waals surface area (Å²) in [5.74, 6) is 1.64. The molecule has 2 aliphatic heterocycles. The van der Waals surface area contributed by atoms with Gasteiger partial charge in [0.05, 0.1) is 5.56 Å². The molecule has 0 saturated carbocycles. The van der Waals surface area contributed by atoms with Gasteiger partial charge in [-0.25, -0.2) is 0 Å². The van der Waals surface area contributed by atoms with Crippen LogP contribution in [0.5, 0.6) is 11.5 Å². The molecule has 1 aromatic heterocycles. The number of Topliss-reactive ketones (excluding diaryl/α,β-unsaturated/α-hetero) is 1. The lowest BCUT2D eigenvalue weighted by molar-refractivity contribution is 0.0826. The lowest BCUT2D eigenvalue weighted by Gasteiger charge is -2.30. The minimum atomic E-state index is -0.101. The largest absolute Gasteiger partial charge is 0.477 e. The number of rotatable bonds is 5. The predicted molar refractivity (Wildman–Crippen MR) is 101 cm³/mol. The highest BCUT2D eigenvalue weighted by Gasteiger charge is 2.33. The third kappa shape index (κ3) is 3.46. The van der Waals surface area contributed by atoms with E-state index in [1.165, 1.54) is 0 Å². The molecule has 1 aromatic carbocycles. The molecule has 6 heteroatoms. The number of benzene rings is 1. The molecule has 0 spiro atoms. The molecule has 0 bridgehead atoms. The van der Waals surface area contributed by atoms with Crippen LogP contribution < -0.4 is 9.47 Å². The Labute approximate surface area is 158 Å². The van der Waals surface area contributed by atoms with Crippen molar-refractivity contribution in [1.82, 2.24) is 9.88 Å². The fourth-order valence-electron chi connectivity index (χ4n) is 3.49. The number of methoxy groups -OCH3 is 1. The van der Waals surface area contributed by atoms with E-state index in [1.807, 2.05) is 25.1 Å². The van der Waals surface area contributed by atoms with E-state index in [1.54, 1.807) is 25.6 Å². The molecular weight excluding hydrogens is 344 g/mol. The van der Waals surface area contributed by atoms with Gasteiger partial charge in [0.15, 0.2) is 5.76 Å². The Bertz CT molecular complexity index is 893. The number of allylic oxidation sites excluding steroid dienone is 1. The van der Waals surface area contributed by atoms with Crippen molar-refractivity contribution < 1.29 is 19.0 Å². The number of carbonyl (C=O) groups excluding carboxylic acids is 1. The monoisotopic (exact) mass is 366 g/mol. The van der Waals surface area contributed by atoms with E-state index in [0.717, 1.165) is 48.6 Å². The van der Waals surface area contributed by atoms with Crippen LogP contribution in [0.4, 0.5) is 0 Å². The molecule has 0 atom stereocenters. The molecule has 0 unspecified atom stereocenters. The molecule has 140 valence electrons. The molecule has 0 fully saturated rings. The van der Waals surface area contributed by atoms with E-state index in [9.17, 15) is 4.79 Å². The van der Waals surface area contributed by atoms with Crippen molar-refractivity contribution in [3.8, 4) is 11.5 Å². The van der Waals surface area contributed by atoms with Crippen molar-refractivity contribution >= 4 is 11.9 Å². The normalized spacial score (nSPS) is 17.4. The zero-order valence-electron chi connectivity index (χ0n) is 15.5. The molecule has 4 rings (SSSR count). The van der Waals surface area contributed by atoms with Gasteiger partial charge in [-0.2, -0.15) is 0 Å². The number of ether oxygens (including phenoxy) is 3. The molecule has 0 saturated heterocycles. The number of pyridine rings is 1. The minimum Gasteiger partial charge on any atom is -0.477 e. The summed E-state index contributed by atoms with van der Waals surface area (Å²) >= 11 is 0. The molecule has 2 aliphatic rings. The molecule has 0 amide bonds. The van der Waals surface area contributed by atoms with Gasteiger partial charge in [0.25, 0.3) is 0 Å². The van der Waals surface area contributed by atoms with Crippen LogP contribution in [-0.2, 0) is 11.3 Å². The second kappa shape index (κ2) is 7.50. The van der Waals surface area contributed by atoms with Gasteiger partial charge in [0.1, 0.15) is 18.2 Å². The maximum atomic E-state index is 12.8. The first-order valence-electron chi connectivity index (χ1n) is 9.02. The van der Waals surface area contributed by atoms with Crippen LogP contribution in [-0.4, -0.2) is 42.7 Å². The maximum absolute atomic E-state index is 12.8. The summed E-state index contributed by atoms with van der Waals surface area (Å²) in [5, 5.41) is 0. The standard InChI is InChI=1S/C21H22N2O4/c1-14-20-16(12-23(13-26-20)7-4-8-25-2)10-17-19(24)18(27-21(14)17)9-15-5-3-6-22-11-15/h3,5-6,9-11H,4,7-8,12-13H2,1-2H3/b18-9-. The van der Waals surface area contributed by atoms with Gasteiger partial charge in [-0.1, -0.05) is 6.07 Å². The molecule has 6 nitrogen and oxygen atoms in total. The number of ketones is 1. The number of fused-ring (bicyclic) bond motifs is 2. The highest BCUT2D eigenvalue weighted by atomic mass is 16.5. The van der Waals surface area contributed by atoms with Crippen LogP contribution in [0.15, 0.2) is 36.4 Å². The Morgan fingerprint density at radius 2 is 2.26 bits per heavy atom. The Morgan fingerprint density at radius 1 is 1.37 bits per heavy atom. The highest BCUT2D eigenvalue weighted by molar-refractivity contribution is 6.15. The zero-order chi connectivity index (χ0) is 18.8. The smallest absolute Gasteiger partial charge is 0.231 e. The van der Waals surface area contributed by atoms with Gasteiger partial charge in [0.2, 0.25) is 5.78 Å². The molecule has 0 aliphatic carbocycles. The maximum Gasteiger partial charge on any atom is 0.231 e. The third-order valence-corrected chi connectivity index (χ3v) is 4.81. The van der Waals surface area contributed by atoms with Crippen molar-refractivity contribution in [3.05, 3.63) is 58.6 Å². The summed E-state index contributed by atoms with van der Waals surface area (Å²) in [7, 11) is 1.71. The second-order valence-corrected chi connectivity index (χ2v) is 6.76. The van der Waals surface area contributed by atoms with Gasteiger partial charge < -0.3 is 14.2 Å². The fourth-order valence-corrected chi connectivity index (χ4v) is 3.49. The van der Waals surface area contributed by atoms with E-state index >= 15 is 0 Å². The summed E-state index contributed by atoms with van der Waals surface area (Å²) in [6, 6.07) is 5.63. The second-order valence-electron chi connectivity index (χ2n) is 6.76. The lowest BCUT2D eigenvalue weighted by Crippen LogP contribution is -2.33. The number of hydrogen-bond acceptors (Lipinski definition) is 6. The molecule has 2 aromatic rings. The summed E-state index contributed by atoms with van der Waals surface area (Å²) in [6.07, 6.45) is 6.07. The average Bonchev–Trinajstić information content (AvgIpc) is 2.99. The summed E-state index contributed by atoms with van der Waals surface area (Å²) in [4.78, 5) is 19.1. The van der Waals surface area contributed by atoms with Gasteiger partial charge >= 0.3 is 0 Å². The molecule has 27 heavy (non-hydrogen) atoms. The van der Waals surface area contributed by atoms with E-state index in [4.69, 9.17) is 14.2 Å². The van der Waals surface area contributed by atoms with Gasteiger partial charge in [-0.05, 0) is 37.1 Å². The van der Waals surface area contributed by atoms with Gasteiger partial charge in [0, 0.05) is 50.3 Å². The summed E-state index contributed by atoms with van der Waals surface area (Å²) in [6.45, 7) is 4.84. The van der Waals surface area contributed by atoms with Crippen molar-refractivity contribution in [2.45, 2.75) is 19.9 Å². The van der Waals surface area contributed by atoms with Crippen LogP contribution in [0.3, 0.4) is 0 Å². The van der Waals surface area contributed by atoms with Crippen LogP contribution in [0.2, 0.25) is 0 Å². The van der Waals surface area contributed by atoms with Crippen molar-refractivity contribution in [1.29, 1.82) is 0 Å². The molecule has 3 heterocycles. The fraction of sp³-hybridized carbons (Fsp3) is 0.333. The minimum absolute atomic E-state index is 0.101. The number of nitrogens with zero attached hydrogens (tertiary/aromatic N) is 2. The lowest BCUT2D eigenvalue weighted by atomic mass is 10.00. The quantitative estimate of drug-likeness (QED) is 0.598. The van der Waals surface area contributed by atoms with Gasteiger partial charge in [-0.3, -0.25) is 14.7 Å². The Kier molecular flexibility index (Phi) is 4.92. The van der Waals surface area contributed by atoms with E-state index < -0.39 is 0 Å². The number of hydrogen-bond donors (Lipinski definition) is 0. The van der Waals surface area contributed by atoms with E-state index in [2.05, 4.69) is 9.88 Å². The summed E-state index contributed by atoms with van der Waals surface area (Å²) in [5.41, 5.74) is 3.33.